The summed E-state index contributed by atoms with van der Waals surface area (Å²) in [6.07, 6.45) is 5.14. The molecule has 8 nitrogen and oxygen atoms in total. The van der Waals surface area contributed by atoms with Gasteiger partial charge in [-0.2, -0.15) is 5.10 Å². The van der Waals surface area contributed by atoms with E-state index < -0.39 is 0 Å². The Balaban J connectivity index is 2.01. The van der Waals surface area contributed by atoms with Gasteiger partial charge >= 0.3 is 6.03 Å². The van der Waals surface area contributed by atoms with Gasteiger partial charge in [0.15, 0.2) is 0 Å². The molecule has 2 N–H and O–H groups in total. The van der Waals surface area contributed by atoms with Crippen molar-refractivity contribution in [1.29, 1.82) is 0 Å². The van der Waals surface area contributed by atoms with Crippen LogP contribution in [0.15, 0.2) is 18.6 Å². The zero-order valence-electron chi connectivity index (χ0n) is 16.0. The maximum absolute atomic E-state index is 12.2. The highest BCUT2D eigenvalue weighted by Gasteiger charge is 2.20. The van der Waals surface area contributed by atoms with Crippen molar-refractivity contribution in [3.8, 4) is 0 Å². The van der Waals surface area contributed by atoms with E-state index in [-0.39, 0.29) is 17.6 Å². The Bertz CT molecular complexity index is 728. The highest BCUT2D eigenvalue weighted by Crippen LogP contribution is 2.21. The summed E-state index contributed by atoms with van der Waals surface area (Å²) in [7, 11) is 3.72. The van der Waals surface area contributed by atoms with Crippen molar-refractivity contribution in [1.82, 2.24) is 25.1 Å². The van der Waals surface area contributed by atoms with E-state index in [9.17, 15) is 4.79 Å². The van der Waals surface area contributed by atoms with E-state index in [2.05, 4.69) is 46.5 Å². The summed E-state index contributed by atoms with van der Waals surface area (Å²) in [5.74, 6) is 0.588. The molecule has 0 saturated heterocycles. The van der Waals surface area contributed by atoms with Crippen LogP contribution < -0.4 is 15.5 Å². The number of hydrogen-bond donors (Lipinski definition) is 2. The van der Waals surface area contributed by atoms with Gasteiger partial charge in [-0.25, -0.2) is 14.8 Å². The number of hydrogen-bond acceptors (Lipinski definition) is 5. The summed E-state index contributed by atoms with van der Waals surface area (Å²) >= 11 is 0. The standard InChI is InChI=1S/C17H27N7O/c1-11(14-10-24(17(3,4)5)22-12(14)2)20-16(25)21-13-8-18-15(19-9-13)23(6)7/h8-11H,1-7H3,(H2,20,21,25). The topological polar surface area (TPSA) is 88.0 Å². The van der Waals surface area contributed by atoms with Crippen LogP contribution in [0, 0.1) is 6.92 Å². The monoisotopic (exact) mass is 345 g/mol. The van der Waals surface area contributed by atoms with Crippen LogP contribution in [0.3, 0.4) is 0 Å². The molecule has 0 radical (unpaired) electrons. The molecule has 136 valence electrons. The number of carbonyl (C=O) groups is 1. The molecule has 1 atom stereocenters. The fourth-order valence-electron chi connectivity index (χ4n) is 2.30. The third kappa shape index (κ3) is 4.68. The molecule has 8 heteroatoms. The molecule has 2 heterocycles. The normalized spacial score (nSPS) is 12.6. The van der Waals surface area contributed by atoms with Gasteiger partial charge in [-0.1, -0.05) is 0 Å². The average Bonchev–Trinajstić information content (AvgIpc) is 2.90. The molecule has 0 aliphatic carbocycles. The molecule has 1 unspecified atom stereocenters. The molecule has 2 rings (SSSR count). The van der Waals surface area contributed by atoms with Gasteiger partial charge in [0.05, 0.1) is 35.4 Å². The molecule has 0 aromatic carbocycles. The molecule has 0 aliphatic rings. The van der Waals surface area contributed by atoms with Gasteiger partial charge in [-0.3, -0.25) is 4.68 Å². The minimum atomic E-state index is -0.309. The highest BCUT2D eigenvalue weighted by atomic mass is 16.2. The lowest BCUT2D eigenvalue weighted by molar-refractivity contribution is 0.249. The van der Waals surface area contributed by atoms with Crippen molar-refractivity contribution in [3.63, 3.8) is 0 Å². The van der Waals surface area contributed by atoms with Crippen molar-refractivity contribution in [2.24, 2.45) is 0 Å². The van der Waals surface area contributed by atoms with Crippen LogP contribution in [0.4, 0.5) is 16.4 Å². The first-order valence-corrected chi connectivity index (χ1v) is 8.21. The maximum Gasteiger partial charge on any atom is 0.319 e. The molecule has 0 aliphatic heterocycles. The Hall–Kier alpha value is -2.64. The molecule has 0 saturated carbocycles. The van der Waals surface area contributed by atoms with Gasteiger partial charge in [-0.15, -0.1) is 0 Å². The van der Waals surface area contributed by atoms with E-state index in [1.54, 1.807) is 17.3 Å². The van der Waals surface area contributed by atoms with Crippen LogP contribution >= 0.6 is 0 Å². The number of anilines is 2. The van der Waals surface area contributed by atoms with Gasteiger partial charge in [0.2, 0.25) is 5.95 Å². The predicted molar refractivity (Wildman–Crippen MR) is 98.9 cm³/mol. The van der Waals surface area contributed by atoms with Crippen LogP contribution in [0.25, 0.3) is 0 Å². The Kier molecular flexibility index (Phi) is 5.30. The SMILES string of the molecule is Cc1nn(C(C)(C)C)cc1C(C)NC(=O)Nc1cnc(N(C)C)nc1. The van der Waals surface area contributed by atoms with Crippen molar-refractivity contribution in [3.05, 3.63) is 29.8 Å². The summed E-state index contributed by atoms with van der Waals surface area (Å²) in [6.45, 7) is 10.1. The molecule has 0 spiro atoms. The second-order valence-electron chi connectivity index (χ2n) is 7.27. The molecule has 2 amide bonds. The molecule has 2 aromatic heterocycles. The van der Waals surface area contributed by atoms with Crippen LogP contribution in [-0.2, 0) is 5.54 Å². The van der Waals surface area contributed by atoms with Gasteiger partial charge in [0.25, 0.3) is 0 Å². The third-order valence-electron chi connectivity index (χ3n) is 3.73. The fourth-order valence-corrected chi connectivity index (χ4v) is 2.30. The van der Waals surface area contributed by atoms with Gasteiger partial charge < -0.3 is 15.5 Å². The van der Waals surface area contributed by atoms with Gasteiger partial charge in [0, 0.05) is 25.9 Å². The number of nitrogens with one attached hydrogen (secondary N) is 2. The number of aryl methyl sites for hydroxylation is 1. The molecule has 25 heavy (non-hydrogen) atoms. The van der Waals surface area contributed by atoms with Crippen molar-refractivity contribution in [2.45, 2.75) is 46.2 Å². The molecular formula is C17H27N7O. The number of aromatic nitrogens is 4. The summed E-state index contributed by atoms with van der Waals surface area (Å²) in [6, 6.07) is -0.477. The van der Waals surface area contributed by atoms with Crippen LogP contribution in [-0.4, -0.2) is 39.9 Å². The fraction of sp³-hybridized carbons (Fsp3) is 0.529. The number of urea groups is 1. The van der Waals surface area contributed by atoms with Crippen LogP contribution in [0.5, 0.6) is 0 Å². The first-order valence-electron chi connectivity index (χ1n) is 8.21. The zero-order chi connectivity index (χ0) is 18.8. The average molecular weight is 345 g/mol. The van der Waals surface area contributed by atoms with Gasteiger partial charge in [0.1, 0.15) is 0 Å². The Labute approximate surface area is 148 Å². The minimum absolute atomic E-state index is 0.101. The number of carbonyl (C=O) groups excluding carboxylic acids is 1. The number of amides is 2. The Morgan fingerprint density at radius 3 is 2.32 bits per heavy atom. The van der Waals surface area contributed by atoms with Crippen molar-refractivity contribution in [2.75, 3.05) is 24.3 Å². The lowest BCUT2D eigenvalue weighted by Gasteiger charge is -2.19. The maximum atomic E-state index is 12.2. The third-order valence-corrected chi connectivity index (χ3v) is 3.73. The first-order chi connectivity index (χ1) is 11.6. The predicted octanol–water partition coefficient (Wildman–Crippen LogP) is 2.69. The second kappa shape index (κ2) is 7.08. The van der Waals surface area contributed by atoms with E-state index in [0.717, 1.165) is 11.3 Å². The number of rotatable bonds is 4. The molecule has 0 bridgehead atoms. The van der Waals surface area contributed by atoms with Crippen LogP contribution in [0.2, 0.25) is 0 Å². The molecular weight excluding hydrogens is 318 g/mol. The van der Waals surface area contributed by atoms with Crippen molar-refractivity contribution < 1.29 is 4.79 Å². The van der Waals surface area contributed by atoms with E-state index in [1.165, 1.54) is 0 Å². The summed E-state index contributed by atoms with van der Waals surface area (Å²) in [4.78, 5) is 22.4. The Morgan fingerprint density at radius 1 is 1.24 bits per heavy atom. The smallest absolute Gasteiger partial charge is 0.319 e. The van der Waals surface area contributed by atoms with E-state index in [1.807, 2.05) is 38.8 Å². The zero-order valence-corrected chi connectivity index (χ0v) is 16.0. The lowest BCUT2D eigenvalue weighted by atomic mass is 10.1. The first kappa shape index (κ1) is 18.7. The summed E-state index contributed by atoms with van der Waals surface area (Å²) in [5, 5.41) is 10.2. The molecule has 2 aromatic rings. The second-order valence-corrected chi connectivity index (χ2v) is 7.27. The summed E-state index contributed by atoms with van der Waals surface area (Å²) in [5.41, 5.74) is 2.33. The van der Waals surface area contributed by atoms with Crippen LogP contribution in [0.1, 0.15) is 45.0 Å². The quantitative estimate of drug-likeness (QED) is 0.889. The number of nitrogens with zero attached hydrogens (tertiary/aromatic N) is 5. The van der Waals surface area contributed by atoms with E-state index in [0.29, 0.717) is 11.6 Å². The Morgan fingerprint density at radius 2 is 1.84 bits per heavy atom. The molecule has 0 fully saturated rings. The highest BCUT2D eigenvalue weighted by molar-refractivity contribution is 5.89. The lowest BCUT2D eigenvalue weighted by Crippen LogP contribution is -2.31. The summed E-state index contributed by atoms with van der Waals surface area (Å²) < 4.78 is 1.92. The van der Waals surface area contributed by atoms with Crippen molar-refractivity contribution >= 4 is 17.7 Å². The largest absolute Gasteiger partial charge is 0.347 e. The van der Waals surface area contributed by atoms with E-state index >= 15 is 0 Å². The van der Waals surface area contributed by atoms with Gasteiger partial charge in [-0.05, 0) is 34.6 Å². The minimum Gasteiger partial charge on any atom is -0.347 e. The van der Waals surface area contributed by atoms with E-state index in [4.69, 9.17) is 0 Å².